The van der Waals surface area contributed by atoms with Crippen molar-refractivity contribution < 1.29 is 4.79 Å². The molecule has 0 aliphatic heterocycles. The normalized spacial score (nSPS) is 26.2. The van der Waals surface area contributed by atoms with Crippen LogP contribution in [-0.4, -0.2) is 16.8 Å². The van der Waals surface area contributed by atoms with Gasteiger partial charge in [0, 0.05) is 10.9 Å². The zero-order chi connectivity index (χ0) is 14.6. The van der Waals surface area contributed by atoms with Gasteiger partial charge in [-0.2, -0.15) is 0 Å². The first-order valence-electron chi connectivity index (χ1n) is 7.56. The number of nitrogens with one attached hydrogen (secondary N) is 1. The van der Waals surface area contributed by atoms with Gasteiger partial charge in [0.1, 0.15) is 0 Å². The summed E-state index contributed by atoms with van der Waals surface area (Å²) in [6.07, 6.45) is 5.53. The van der Waals surface area contributed by atoms with Crippen molar-refractivity contribution in [2.75, 3.05) is 5.33 Å². The van der Waals surface area contributed by atoms with Gasteiger partial charge in [0.15, 0.2) is 0 Å². The van der Waals surface area contributed by atoms with Crippen molar-refractivity contribution in [2.45, 2.75) is 51.5 Å². The van der Waals surface area contributed by atoms with E-state index in [9.17, 15) is 4.79 Å². The van der Waals surface area contributed by atoms with E-state index in [0.717, 1.165) is 36.1 Å². The lowest BCUT2D eigenvalue weighted by Gasteiger charge is -2.39. The summed E-state index contributed by atoms with van der Waals surface area (Å²) in [5.41, 5.74) is 1.97. The number of rotatable bonds is 4. The highest BCUT2D eigenvalue weighted by Crippen LogP contribution is 2.33. The van der Waals surface area contributed by atoms with E-state index in [1.54, 1.807) is 0 Å². The topological polar surface area (TPSA) is 29.1 Å². The molecule has 20 heavy (non-hydrogen) atoms. The van der Waals surface area contributed by atoms with Gasteiger partial charge in [0.2, 0.25) is 0 Å². The van der Waals surface area contributed by atoms with Gasteiger partial charge in [0.25, 0.3) is 5.91 Å². The van der Waals surface area contributed by atoms with Crippen LogP contribution in [0.1, 0.15) is 55.5 Å². The Labute approximate surface area is 130 Å². The zero-order valence-electron chi connectivity index (χ0n) is 12.4. The number of hydrogen-bond donors (Lipinski definition) is 1. The average Bonchev–Trinajstić information content (AvgIpc) is 2.50. The summed E-state index contributed by atoms with van der Waals surface area (Å²) in [6, 6.07) is 7.94. The Balaban J connectivity index is 2.04. The molecule has 2 nitrogen and oxygen atoms in total. The van der Waals surface area contributed by atoms with E-state index < -0.39 is 0 Å². The Morgan fingerprint density at radius 3 is 2.40 bits per heavy atom. The van der Waals surface area contributed by atoms with Gasteiger partial charge in [-0.1, -0.05) is 41.9 Å². The predicted molar refractivity (Wildman–Crippen MR) is 87.4 cm³/mol. The molecule has 0 bridgehead atoms. The Morgan fingerprint density at radius 1 is 1.30 bits per heavy atom. The molecule has 3 heteroatoms. The van der Waals surface area contributed by atoms with Crippen molar-refractivity contribution in [1.29, 1.82) is 0 Å². The van der Waals surface area contributed by atoms with E-state index in [-0.39, 0.29) is 11.4 Å². The van der Waals surface area contributed by atoms with Crippen LogP contribution in [0.15, 0.2) is 24.3 Å². The van der Waals surface area contributed by atoms with Crippen LogP contribution in [0.3, 0.4) is 0 Å². The van der Waals surface area contributed by atoms with Crippen molar-refractivity contribution >= 4 is 21.8 Å². The average molecular weight is 338 g/mol. The standard InChI is InChI=1S/C17H24BrNO/c1-3-14-4-6-15(7-5-14)16(20)19-17(12-18)10-8-13(2)9-11-17/h4-7,13H,3,8-12H2,1-2H3,(H,19,20). The first-order valence-corrected chi connectivity index (χ1v) is 8.68. The van der Waals surface area contributed by atoms with Crippen molar-refractivity contribution in [3.8, 4) is 0 Å². The van der Waals surface area contributed by atoms with Crippen LogP contribution in [-0.2, 0) is 6.42 Å². The van der Waals surface area contributed by atoms with Gasteiger partial charge in [-0.3, -0.25) is 4.79 Å². The number of alkyl halides is 1. The minimum atomic E-state index is -0.0625. The second kappa shape index (κ2) is 6.75. The largest absolute Gasteiger partial charge is 0.346 e. The Kier molecular flexibility index (Phi) is 5.25. The minimum absolute atomic E-state index is 0.0571. The van der Waals surface area contributed by atoms with Crippen LogP contribution in [0, 0.1) is 5.92 Å². The van der Waals surface area contributed by atoms with Crippen molar-refractivity contribution in [3.05, 3.63) is 35.4 Å². The molecular weight excluding hydrogens is 314 g/mol. The summed E-state index contributed by atoms with van der Waals surface area (Å²) in [4.78, 5) is 12.4. The molecule has 0 aromatic heterocycles. The highest BCUT2D eigenvalue weighted by molar-refractivity contribution is 9.09. The summed E-state index contributed by atoms with van der Waals surface area (Å²) in [7, 11) is 0. The number of halogens is 1. The molecule has 0 spiro atoms. The van der Waals surface area contributed by atoms with E-state index in [1.165, 1.54) is 18.4 Å². The van der Waals surface area contributed by atoms with Gasteiger partial charge >= 0.3 is 0 Å². The molecule has 1 amide bonds. The van der Waals surface area contributed by atoms with Crippen LogP contribution in [0.2, 0.25) is 0 Å². The molecule has 2 rings (SSSR count). The Bertz CT molecular complexity index is 447. The first-order chi connectivity index (χ1) is 9.58. The molecule has 0 heterocycles. The molecule has 110 valence electrons. The van der Waals surface area contributed by atoms with Gasteiger partial charge in [-0.05, 0) is 55.7 Å². The van der Waals surface area contributed by atoms with Gasteiger partial charge in [-0.15, -0.1) is 0 Å². The zero-order valence-corrected chi connectivity index (χ0v) is 14.0. The smallest absolute Gasteiger partial charge is 0.251 e. The molecular formula is C17H24BrNO. The molecule has 1 aromatic carbocycles. The third-order valence-corrected chi connectivity index (χ3v) is 5.56. The second-order valence-electron chi connectivity index (χ2n) is 6.10. The van der Waals surface area contributed by atoms with E-state index in [4.69, 9.17) is 0 Å². The van der Waals surface area contributed by atoms with E-state index in [0.29, 0.717) is 0 Å². The molecule has 1 fully saturated rings. The molecule has 1 aliphatic carbocycles. The van der Waals surface area contributed by atoms with Crippen LogP contribution in [0.5, 0.6) is 0 Å². The Hall–Kier alpha value is -0.830. The van der Waals surface area contributed by atoms with Crippen LogP contribution >= 0.6 is 15.9 Å². The number of benzene rings is 1. The van der Waals surface area contributed by atoms with Crippen LogP contribution < -0.4 is 5.32 Å². The number of aryl methyl sites for hydroxylation is 1. The number of amides is 1. The fourth-order valence-corrected chi connectivity index (χ4v) is 3.51. The monoisotopic (exact) mass is 337 g/mol. The molecule has 0 saturated heterocycles. The van der Waals surface area contributed by atoms with Crippen LogP contribution in [0.25, 0.3) is 0 Å². The first kappa shape index (κ1) is 15.6. The maximum absolute atomic E-state index is 12.4. The SMILES string of the molecule is CCc1ccc(C(=O)NC2(CBr)CCC(C)CC2)cc1. The predicted octanol–water partition coefficient (Wildman–Crippen LogP) is 4.32. The fourth-order valence-electron chi connectivity index (χ4n) is 2.81. The van der Waals surface area contributed by atoms with Crippen molar-refractivity contribution in [1.82, 2.24) is 5.32 Å². The van der Waals surface area contributed by atoms with Crippen LogP contribution in [0.4, 0.5) is 0 Å². The van der Waals surface area contributed by atoms with Gasteiger partial charge < -0.3 is 5.32 Å². The maximum atomic E-state index is 12.4. The highest BCUT2D eigenvalue weighted by atomic mass is 79.9. The van der Waals surface area contributed by atoms with Crippen molar-refractivity contribution in [2.24, 2.45) is 5.92 Å². The number of carbonyl (C=O) groups excluding carboxylic acids is 1. The minimum Gasteiger partial charge on any atom is -0.346 e. The number of hydrogen-bond acceptors (Lipinski definition) is 1. The third kappa shape index (κ3) is 3.63. The molecule has 0 radical (unpaired) electrons. The van der Waals surface area contributed by atoms with E-state index in [2.05, 4.69) is 35.1 Å². The lowest BCUT2D eigenvalue weighted by molar-refractivity contribution is 0.0874. The quantitative estimate of drug-likeness (QED) is 0.814. The molecule has 0 unspecified atom stereocenters. The van der Waals surface area contributed by atoms with E-state index >= 15 is 0 Å². The third-order valence-electron chi connectivity index (χ3n) is 4.49. The van der Waals surface area contributed by atoms with E-state index in [1.807, 2.05) is 24.3 Å². The summed E-state index contributed by atoms with van der Waals surface area (Å²) in [5.74, 6) is 0.838. The van der Waals surface area contributed by atoms with Crippen molar-refractivity contribution in [3.63, 3.8) is 0 Å². The van der Waals surface area contributed by atoms with Gasteiger partial charge in [0.05, 0.1) is 5.54 Å². The van der Waals surface area contributed by atoms with Gasteiger partial charge in [-0.25, -0.2) is 0 Å². The molecule has 0 atom stereocenters. The summed E-state index contributed by atoms with van der Waals surface area (Å²) >= 11 is 3.60. The Morgan fingerprint density at radius 2 is 1.90 bits per heavy atom. The molecule has 1 aromatic rings. The maximum Gasteiger partial charge on any atom is 0.251 e. The summed E-state index contributed by atoms with van der Waals surface area (Å²) in [5, 5.41) is 4.11. The molecule has 1 aliphatic rings. The lowest BCUT2D eigenvalue weighted by Crippen LogP contribution is -2.52. The lowest BCUT2D eigenvalue weighted by atomic mass is 9.78. The highest BCUT2D eigenvalue weighted by Gasteiger charge is 2.34. The number of carbonyl (C=O) groups is 1. The molecule has 1 saturated carbocycles. The second-order valence-corrected chi connectivity index (χ2v) is 6.66. The fraction of sp³-hybridized carbons (Fsp3) is 0.588. The summed E-state index contributed by atoms with van der Waals surface area (Å²) < 4.78 is 0. The molecule has 1 N–H and O–H groups in total. The summed E-state index contributed by atoms with van der Waals surface area (Å²) in [6.45, 7) is 4.42.